The summed E-state index contributed by atoms with van der Waals surface area (Å²) < 4.78 is 35.3. The number of thiazole rings is 1. The van der Waals surface area contributed by atoms with Gasteiger partial charge in [-0.2, -0.15) is 4.31 Å². The number of sulfonamides is 1. The summed E-state index contributed by atoms with van der Waals surface area (Å²) in [6.45, 7) is 3.44. The Labute approximate surface area is 196 Å². The molecule has 1 aromatic heterocycles. The molecule has 1 aliphatic rings. The van der Waals surface area contributed by atoms with Crippen molar-refractivity contribution in [1.82, 2.24) is 13.8 Å². The van der Waals surface area contributed by atoms with E-state index in [9.17, 15) is 18.0 Å². The number of hydrogen-bond acceptors (Lipinski definition) is 6. The predicted octanol–water partition coefficient (Wildman–Crippen LogP) is 2.64. The topological polar surface area (TPSA) is 88.9 Å². The summed E-state index contributed by atoms with van der Waals surface area (Å²) in [5.41, 5.74) is 1.54. The fraction of sp³-hybridized carbons (Fsp3) is 0.304. The first-order valence-electron chi connectivity index (χ1n) is 10.6. The van der Waals surface area contributed by atoms with Gasteiger partial charge in [0.2, 0.25) is 15.9 Å². The third-order valence-corrected chi connectivity index (χ3v) is 8.52. The molecule has 2 heterocycles. The fourth-order valence-electron chi connectivity index (χ4n) is 3.88. The van der Waals surface area contributed by atoms with Gasteiger partial charge in [-0.25, -0.2) is 8.42 Å². The average molecular weight is 488 g/mol. The molecule has 0 spiro atoms. The van der Waals surface area contributed by atoms with Crippen molar-refractivity contribution < 1.29 is 17.9 Å². The highest BCUT2D eigenvalue weighted by Crippen LogP contribution is 2.25. The molecule has 1 fully saturated rings. The molecule has 0 saturated carbocycles. The Morgan fingerprint density at radius 2 is 1.85 bits per heavy atom. The minimum atomic E-state index is -3.72. The molecular weight excluding hydrogens is 462 g/mol. The van der Waals surface area contributed by atoms with Gasteiger partial charge in [-0.05, 0) is 37.3 Å². The van der Waals surface area contributed by atoms with Gasteiger partial charge in [0.05, 0.1) is 22.2 Å². The molecule has 4 rings (SSSR count). The third kappa shape index (κ3) is 4.59. The lowest BCUT2D eigenvalue weighted by molar-refractivity contribution is -0.127. The number of ether oxygens (including phenoxy) is 1. The molecule has 8 nitrogen and oxygen atoms in total. The molecule has 10 heteroatoms. The standard InChI is InChI=1S/C23H25N3O5S2/c1-3-26-19-10-9-18(16-21(19)32-23(26)28)33(29,30)25-14-12-24(13-15-25)22(27)11-8-17-6-4-5-7-20(17)31-2/h4-11,16H,3,12-15H2,1-2H3. The van der Waals surface area contributed by atoms with E-state index in [4.69, 9.17) is 4.74 Å². The van der Waals surface area contributed by atoms with Gasteiger partial charge in [-0.3, -0.25) is 14.2 Å². The number of methoxy groups -OCH3 is 1. The van der Waals surface area contributed by atoms with E-state index in [2.05, 4.69) is 0 Å². The summed E-state index contributed by atoms with van der Waals surface area (Å²) in [6, 6.07) is 12.2. The maximum Gasteiger partial charge on any atom is 0.308 e. The van der Waals surface area contributed by atoms with Crippen LogP contribution >= 0.6 is 11.3 Å². The number of amides is 1. The van der Waals surface area contributed by atoms with Crippen molar-refractivity contribution >= 4 is 43.6 Å². The SMILES string of the molecule is CCn1c(=O)sc2cc(S(=O)(=O)N3CCN(C(=O)C=Cc4ccccc4OC)CC3)ccc21. The number of piperazine rings is 1. The van der Waals surface area contributed by atoms with Crippen molar-refractivity contribution in [2.75, 3.05) is 33.3 Å². The second-order valence-corrected chi connectivity index (χ2v) is 10.5. The van der Waals surface area contributed by atoms with Crippen molar-refractivity contribution in [2.24, 2.45) is 0 Å². The molecule has 1 amide bonds. The van der Waals surface area contributed by atoms with Crippen molar-refractivity contribution in [3.8, 4) is 5.75 Å². The van der Waals surface area contributed by atoms with E-state index in [1.165, 1.54) is 10.4 Å². The molecule has 33 heavy (non-hydrogen) atoms. The van der Waals surface area contributed by atoms with Crippen LogP contribution in [0.4, 0.5) is 0 Å². The number of hydrogen-bond donors (Lipinski definition) is 0. The number of aryl methyl sites for hydroxylation is 1. The molecule has 3 aromatic rings. The summed E-state index contributed by atoms with van der Waals surface area (Å²) in [5, 5.41) is 0. The van der Waals surface area contributed by atoms with E-state index in [0.717, 1.165) is 22.4 Å². The second kappa shape index (κ2) is 9.50. The molecule has 0 N–H and O–H groups in total. The molecule has 0 radical (unpaired) electrons. The lowest BCUT2D eigenvalue weighted by atomic mass is 10.2. The average Bonchev–Trinajstić information content (AvgIpc) is 3.16. The maximum absolute atomic E-state index is 13.2. The normalized spacial score (nSPS) is 15.4. The molecular formula is C23H25N3O5S2. The van der Waals surface area contributed by atoms with E-state index >= 15 is 0 Å². The molecule has 1 aliphatic heterocycles. The largest absolute Gasteiger partial charge is 0.496 e. The Hall–Kier alpha value is -2.95. The van der Waals surface area contributed by atoms with Gasteiger partial charge in [0.15, 0.2) is 0 Å². The number of nitrogens with zero attached hydrogens (tertiary/aromatic N) is 3. The quantitative estimate of drug-likeness (QED) is 0.499. The highest BCUT2D eigenvalue weighted by Gasteiger charge is 2.30. The first-order chi connectivity index (χ1) is 15.8. The van der Waals surface area contributed by atoms with Gasteiger partial charge in [-0.1, -0.05) is 29.5 Å². The number of rotatable bonds is 6. The number of benzene rings is 2. The number of carbonyl (C=O) groups excluding carboxylic acids is 1. The minimum absolute atomic E-state index is 0.102. The Morgan fingerprint density at radius 3 is 2.55 bits per heavy atom. The van der Waals surface area contributed by atoms with Crippen LogP contribution in [0, 0.1) is 0 Å². The van der Waals surface area contributed by atoms with E-state index in [1.807, 2.05) is 31.2 Å². The van der Waals surface area contributed by atoms with Gasteiger partial charge in [-0.15, -0.1) is 0 Å². The van der Waals surface area contributed by atoms with Gasteiger partial charge >= 0.3 is 4.87 Å². The van der Waals surface area contributed by atoms with Gasteiger partial charge in [0.25, 0.3) is 0 Å². The minimum Gasteiger partial charge on any atom is -0.496 e. The van der Waals surface area contributed by atoms with Crippen molar-refractivity contribution in [2.45, 2.75) is 18.4 Å². The van der Waals surface area contributed by atoms with E-state index < -0.39 is 10.0 Å². The summed E-state index contributed by atoms with van der Waals surface area (Å²) in [7, 11) is -2.15. The third-order valence-electron chi connectivity index (χ3n) is 5.69. The molecule has 2 aromatic carbocycles. The molecule has 1 saturated heterocycles. The number of aromatic nitrogens is 1. The van der Waals surface area contributed by atoms with Crippen molar-refractivity contribution in [3.05, 3.63) is 63.8 Å². The summed E-state index contributed by atoms with van der Waals surface area (Å²) in [5.74, 6) is 0.499. The lowest BCUT2D eigenvalue weighted by Gasteiger charge is -2.33. The Kier molecular flexibility index (Phi) is 6.68. The van der Waals surface area contributed by atoms with Gasteiger partial charge < -0.3 is 9.64 Å². The molecule has 0 bridgehead atoms. The van der Waals surface area contributed by atoms with Crippen molar-refractivity contribution in [3.63, 3.8) is 0 Å². The van der Waals surface area contributed by atoms with E-state index in [0.29, 0.717) is 30.1 Å². The zero-order chi connectivity index (χ0) is 23.6. The Bertz CT molecular complexity index is 1370. The Balaban J connectivity index is 1.44. The zero-order valence-corrected chi connectivity index (χ0v) is 20.1. The highest BCUT2D eigenvalue weighted by molar-refractivity contribution is 7.89. The Morgan fingerprint density at radius 1 is 1.12 bits per heavy atom. The van der Waals surface area contributed by atoms with Crippen LogP contribution in [0.1, 0.15) is 12.5 Å². The first kappa shape index (κ1) is 23.2. The molecule has 0 aliphatic carbocycles. The summed E-state index contributed by atoms with van der Waals surface area (Å²) >= 11 is 1.05. The number of para-hydroxylation sites is 1. The number of carbonyl (C=O) groups is 1. The zero-order valence-electron chi connectivity index (χ0n) is 18.4. The van der Waals surface area contributed by atoms with Gasteiger partial charge in [0, 0.05) is 44.4 Å². The lowest BCUT2D eigenvalue weighted by Crippen LogP contribution is -2.50. The summed E-state index contributed by atoms with van der Waals surface area (Å²) in [6.07, 6.45) is 3.18. The second-order valence-electron chi connectivity index (χ2n) is 7.55. The van der Waals surface area contributed by atoms with Crippen LogP contribution in [-0.2, 0) is 21.4 Å². The molecule has 174 valence electrons. The molecule has 0 unspecified atom stereocenters. The molecule has 0 atom stereocenters. The van der Waals surface area contributed by atoms with Gasteiger partial charge in [0.1, 0.15) is 5.75 Å². The van der Waals surface area contributed by atoms with Crippen LogP contribution in [0.5, 0.6) is 5.75 Å². The smallest absolute Gasteiger partial charge is 0.308 e. The predicted molar refractivity (Wildman–Crippen MR) is 129 cm³/mol. The fourth-order valence-corrected chi connectivity index (χ4v) is 6.39. The van der Waals surface area contributed by atoms with Crippen molar-refractivity contribution in [1.29, 1.82) is 0 Å². The van der Waals surface area contributed by atoms with Crippen LogP contribution in [0.3, 0.4) is 0 Å². The van der Waals surface area contributed by atoms with E-state index in [1.54, 1.807) is 40.9 Å². The van der Waals surface area contributed by atoms with E-state index in [-0.39, 0.29) is 28.8 Å². The summed E-state index contributed by atoms with van der Waals surface area (Å²) in [4.78, 5) is 26.4. The highest BCUT2D eigenvalue weighted by atomic mass is 32.2. The number of fused-ring (bicyclic) bond motifs is 1. The monoisotopic (exact) mass is 487 g/mol. The van der Waals surface area contributed by atoms with Crippen LogP contribution in [-0.4, -0.2) is 61.4 Å². The maximum atomic E-state index is 13.2. The van der Waals surface area contributed by atoms with Crippen LogP contribution < -0.4 is 9.61 Å². The van der Waals surface area contributed by atoms with Crippen LogP contribution in [0.2, 0.25) is 0 Å². The first-order valence-corrected chi connectivity index (χ1v) is 12.8. The van der Waals surface area contributed by atoms with Crippen LogP contribution in [0.25, 0.3) is 16.3 Å². The van der Waals surface area contributed by atoms with Crippen LogP contribution in [0.15, 0.2) is 58.2 Å².